The fourth-order valence-electron chi connectivity index (χ4n) is 2.00. The summed E-state index contributed by atoms with van der Waals surface area (Å²) in [5, 5.41) is 8.95. The van der Waals surface area contributed by atoms with Gasteiger partial charge < -0.3 is 5.11 Å². The summed E-state index contributed by atoms with van der Waals surface area (Å²) in [6.45, 7) is 4.87. The Hall–Kier alpha value is -0.0400. The molecule has 0 amide bonds. The second-order valence-electron chi connectivity index (χ2n) is 4.18. The zero-order valence-electron chi connectivity index (χ0n) is 7.71. The Morgan fingerprint density at radius 2 is 1.82 bits per heavy atom. The zero-order chi connectivity index (χ0) is 8.27. The van der Waals surface area contributed by atoms with Crippen molar-refractivity contribution in [3.8, 4) is 0 Å². The van der Waals surface area contributed by atoms with Gasteiger partial charge in [0.05, 0.1) is 0 Å². The molecule has 0 unspecified atom stereocenters. The van der Waals surface area contributed by atoms with Gasteiger partial charge in [0.25, 0.3) is 0 Å². The molecule has 1 atom stereocenters. The first kappa shape index (κ1) is 9.05. The summed E-state index contributed by atoms with van der Waals surface area (Å²) in [5.41, 5.74) is 0. The summed E-state index contributed by atoms with van der Waals surface area (Å²) in [4.78, 5) is 0. The quantitative estimate of drug-likeness (QED) is 0.651. The highest BCUT2D eigenvalue weighted by molar-refractivity contribution is 4.73. The molecule has 0 spiro atoms. The largest absolute Gasteiger partial charge is 0.396 e. The molecule has 1 nitrogen and oxygen atoms in total. The monoisotopic (exact) mass is 156 g/mol. The van der Waals surface area contributed by atoms with Gasteiger partial charge in [0.15, 0.2) is 0 Å². The Bertz CT molecular complexity index is 103. The maximum atomic E-state index is 8.95. The first-order valence-corrected chi connectivity index (χ1v) is 4.85. The Balaban J connectivity index is 2.27. The second-order valence-corrected chi connectivity index (χ2v) is 4.18. The van der Waals surface area contributed by atoms with Crippen LogP contribution in [0.15, 0.2) is 0 Å². The van der Waals surface area contributed by atoms with Gasteiger partial charge in [-0.25, -0.2) is 0 Å². The summed E-state index contributed by atoms with van der Waals surface area (Å²) >= 11 is 0. The lowest BCUT2D eigenvalue weighted by atomic mass is 9.77. The van der Waals surface area contributed by atoms with E-state index in [1.54, 1.807) is 0 Å². The van der Waals surface area contributed by atoms with E-state index in [4.69, 9.17) is 5.11 Å². The molecule has 1 aliphatic carbocycles. The first-order chi connectivity index (χ1) is 5.24. The Morgan fingerprint density at radius 1 is 1.27 bits per heavy atom. The third kappa shape index (κ3) is 2.48. The molecule has 1 aliphatic rings. The van der Waals surface area contributed by atoms with E-state index in [1.165, 1.54) is 25.7 Å². The van der Waals surface area contributed by atoms with Gasteiger partial charge in [-0.15, -0.1) is 0 Å². The highest BCUT2D eigenvalue weighted by Gasteiger charge is 2.22. The van der Waals surface area contributed by atoms with E-state index < -0.39 is 0 Å². The molecule has 1 saturated carbocycles. The van der Waals surface area contributed by atoms with E-state index in [0.29, 0.717) is 12.5 Å². The van der Waals surface area contributed by atoms with E-state index in [0.717, 1.165) is 11.8 Å². The van der Waals surface area contributed by atoms with Crippen molar-refractivity contribution in [2.75, 3.05) is 6.61 Å². The normalized spacial score (nSPS) is 35.2. The van der Waals surface area contributed by atoms with E-state index in [9.17, 15) is 0 Å². The van der Waals surface area contributed by atoms with Crippen molar-refractivity contribution < 1.29 is 5.11 Å². The van der Waals surface area contributed by atoms with Crippen LogP contribution in [-0.4, -0.2) is 11.7 Å². The van der Waals surface area contributed by atoms with Crippen LogP contribution in [-0.2, 0) is 0 Å². The molecule has 1 heteroatoms. The minimum absolute atomic E-state index is 0.374. The van der Waals surface area contributed by atoms with Crippen LogP contribution in [0.3, 0.4) is 0 Å². The summed E-state index contributed by atoms with van der Waals surface area (Å²) in [6, 6.07) is 0. The van der Waals surface area contributed by atoms with Gasteiger partial charge in [0.1, 0.15) is 0 Å². The van der Waals surface area contributed by atoms with Crippen LogP contribution < -0.4 is 0 Å². The summed E-state index contributed by atoms with van der Waals surface area (Å²) < 4.78 is 0. The third-order valence-electron chi connectivity index (χ3n) is 3.15. The predicted octanol–water partition coefficient (Wildman–Crippen LogP) is 2.44. The highest BCUT2D eigenvalue weighted by atomic mass is 16.3. The number of hydrogen-bond donors (Lipinski definition) is 1. The molecule has 0 aromatic carbocycles. The zero-order valence-corrected chi connectivity index (χ0v) is 7.71. The van der Waals surface area contributed by atoms with E-state index in [2.05, 4.69) is 13.8 Å². The number of hydrogen-bond acceptors (Lipinski definition) is 1. The number of aliphatic hydroxyl groups excluding tert-OH is 1. The average Bonchev–Trinajstić information content (AvgIpc) is 2.05. The minimum atomic E-state index is 0.374. The van der Waals surface area contributed by atoms with Crippen LogP contribution in [0.2, 0.25) is 0 Å². The topological polar surface area (TPSA) is 20.2 Å². The van der Waals surface area contributed by atoms with Crippen LogP contribution >= 0.6 is 0 Å². The maximum absolute atomic E-state index is 8.95. The summed E-state index contributed by atoms with van der Waals surface area (Å²) in [6.07, 6.45) is 5.41. The van der Waals surface area contributed by atoms with Crippen molar-refractivity contribution in [3.05, 3.63) is 0 Å². The van der Waals surface area contributed by atoms with Gasteiger partial charge in [-0.3, -0.25) is 0 Å². The lowest BCUT2D eigenvalue weighted by Crippen LogP contribution is -2.21. The third-order valence-corrected chi connectivity index (χ3v) is 3.15. The van der Waals surface area contributed by atoms with Crippen molar-refractivity contribution >= 4 is 0 Å². The molecule has 66 valence electrons. The molecule has 1 N–H and O–H groups in total. The van der Waals surface area contributed by atoms with Gasteiger partial charge in [0.2, 0.25) is 0 Å². The van der Waals surface area contributed by atoms with Crippen molar-refractivity contribution in [2.24, 2.45) is 17.8 Å². The molecule has 0 heterocycles. The number of aliphatic hydroxyl groups is 1. The molecule has 0 aromatic rings. The molecule has 0 aromatic heterocycles. The average molecular weight is 156 g/mol. The van der Waals surface area contributed by atoms with Crippen LogP contribution in [0, 0.1) is 17.8 Å². The fourth-order valence-corrected chi connectivity index (χ4v) is 2.00. The van der Waals surface area contributed by atoms with E-state index >= 15 is 0 Å². The smallest absolute Gasteiger partial charge is 0.0459 e. The molecular weight excluding hydrogens is 136 g/mol. The van der Waals surface area contributed by atoms with E-state index in [1.807, 2.05) is 0 Å². The van der Waals surface area contributed by atoms with Crippen molar-refractivity contribution in [1.29, 1.82) is 0 Å². The number of rotatable bonds is 2. The molecule has 0 saturated heterocycles. The molecule has 11 heavy (non-hydrogen) atoms. The predicted molar refractivity (Wildman–Crippen MR) is 47.4 cm³/mol. The Kier molecular flexibility index (Phi) is 3.38. The lowest BCUT2D eigenvalue weighted by molar-refractivity contribution is 0.147. The molecule has 0 bridgehead atoms. The van der Waals surface area contributed by atoms with E-state index in [-0.39, 0.29) is 0 Å². The Morgan fingerprint density at radius 3 is 2.27 bits per heavy atom. The van der Waals surface area contributed by atoms with Gasteiger partial charge in [0, 0.05) is 6.61 Å². The lowest BCUT2D eigenvalue weighted by Gasteiger charge is -2.29. The van der Waals surface area contributed by atoms with Crippen LogP contribution in [0.25, 0.3) is 0 Å². The minimum Gasteiger partial charge on any atom is -0.396 e. The van der Waals surface area contributed by atoms with Crippen molar-refractivity contribution in [3.63, 3.8) is 0 Å². The molecule has 1 fully saturated rings. The summed E-state index contributed by atoms with van der Waals surface area (Å²) in [7, 11) is 0. The van der Waals surface area contributed by atoms with Crippen molar-refractivity contribution in [2.45, 2.75) is 39.5 Å². The molecule has 0 radical (unpaired) electrons. The molecule has 1 rings (SSSR count). The van der Waals surface area contributed by atoms with Crippen molar-refractivity contribution in [1.82, 2.24) is 0 Å². The van der Waals surface area contributed by atoms with Gasteiger partial charge in [-0.1, -0.05) is 26.7 Å². The molecular formula is C10H20O. The highest BCUT2D eigenvalue weighted by Crippen LogP contribution is 2.32. The standard InChI is InChI=1S/C10H20O/c1-8-3-5-10(6-4-8)9(2)7-11/h8-11H,3-7H2,1-2H3/t8?,9-,10?/m1/s1. The fraction of sp³-hybridized carbons (Fsp3) is 1.00. The van der Waals surface area contributed by atoms with Gasteiger partial charge >= 0.3 is 0 Å². The van der Waals surface area contributed by atoms with Gasteiger partial charge in [-0.05, 0) is 30.6 Å². The van der Waals surface area contributed by atoms with Crippen LogP contribution in [0.1, 0.15) is 39.5 Å². The molecule has 0 aliphatic heterocycles. The van der Waals surface area contributed by atoms with Crippen LogP contribution in [0.5, 0.6) is 0 Å². The SMILES string of the molecule is CC1CCC([C@H](C)CO)CC1. The van der Waals surface area contributed by atoms with Crippen LogP contribution in [0.4, 0.5) is 0 Å². The first-order valence-electron chi connectivity index (χ1n) is 4.85. The summed E-state index contributed by atoms with van der Waals surface area (Å²) in [5.74, 6) is 2.26. The van der Waals surface area contributed by atoms with Gasteiger partial charge in [-0.2, -0.15) is 0 Å². The Labute approximate surface area is 69.8 Å². The maximum Gasteiger partial charge on any atom is 0.0459 e. The second kappa shape index (κ2) is 4.10.